The molecule has 1 aromatic rings. The number of unbranched alkanes of at least 4 members (excludes halogenated alkanes) is 1. The molecule has 1 aliphatic rings. The maximum absolute atomic E-state index is 11.4. The van der Waals surface area contributed by atoms with Gasteiger partial charge in [-0.25, -0.2) is 13.4 Å². The van der Waals surface area contributed by atoms with Crippen molar-refractivity contribution in [2.45, 2.75) is 52.1 Å². The largest absolute Gasteiger partial charge is 0.353 e. The Bertz CT molecular complexity index is 508. The highest BCUT2D eigenvalue weighted by Crippen LogP contribution is 2.18. The summed E-state index contributed by atoms with van der Waals surface area (Å²) in [6.45, 7) is 5.12. The fourth-order valence-electron chi connectivity index (χ4n) is 2.38. The van der Waals surface area contributed by atoms with E-state index in [0.717, 1.165) is 31.0 Å². The third kappa shape index (κ3) is 3.96. The van der Waals surface area contributed by atoms with E-state index in [0.29, 0.717) is 24.3 Å². The molecule has 0 aromatic carbocycles. The molecule has 1 aromatic heterocycles. The highest BCUT2D eigenvalue weighted by Gasteiger charge is 2.24. The number of hydrogen-bond donors (Lipinski definition) is 1. The van der Waals surface area contributed by atoms with Gasteiger partial charge in [-0.2, -0.15) is 0 Å². The molecule has 1 saturated heterocycles. The highest BCUT2D eigenvalue weighted by molar-refractivity contribution is 7.91. The van der Waals surface area contributed by atoms with Crippen LogP contribution in [0.25, 0.3) is 0 Å². The van der Waals surface area contributed by atoms with Gasteiger partial charge in [0.05, 0.1) is 17.2 Å². The minimum Gasteiger partial charge on any atom is -0.353 e. The second-order valence-electron chi connectivity index (χ2n) is 5.32. The number of sulfone groups is 1. The van der Waals surface area contributed by atoms with E-state index in [1.54, 1.807) is 0 Å². The zero-order valence-corrected chi connectivity index (χ0v) is 12.5. The summed E-state index contributed by atoms with van der Waals surface area (Å²) < 4.78 is 25.0. The molecule has 0 atom stereocenters. The van der Waals surface area contributed by atoms with Crippen LogP contribution in [-0.2, 0) is 16.4 Å². The van der Waals surface area contributed by atoms with Crippen LogP contribution in [0.4, 0.5) is 5.95 Å². The van der Waals surface area contributed by atoms with Crippen molar-refractivity contribution in [2.75, 3.05) is 16.8 Å². The molecular weight excluding hydrogens is 262 g/mol. The van der Waals surface area contributed by atoms with E-state index in [2.05, 4.69) is 28.0 Å². The summed E-state index contributed by atoms with van der Waals surface area (Å²) in [6, 6.07) is 0.228. The molecule has 19 heavy (non-hydrogen) atoms. The first-order valence-corrected chi connectivity index (χ1v) is 8.83. The number of aromatic nitrogens is 2. The molecule has 0 amide bonds. The van der Waals surface area contributed by atoms with E-state index >= 15 is 0 Å². The first-order valence-electron chi connectivity index (χ1n) is 7.01. The SMILES string of the molecule is CCCCn1cc(C)nc1NC1CCS(=O)(=O)CC1. The molecule has 2 heterocycles. The fraction of sp³-hybridized carbons (Fsp3) is 0.769. The van der Waals surface area contributed by atoms with Gasteiger partial charge in [-0.05, 0) is 26.2 Å². The minimum absolute atomic E-state index is 0.228. The van der Waals surface area contributed by atoms with Crippen LogP contribution in [0.5, 0.6) is 0 Å². The van der Waals surface area contributed by atoms with Crippen LogP contribution >= 0.6 is 0 Å². The number of imidazole rings is 1. The van der Waals surface area contributed by atoms with E-state index in [-0.39, 0.29) is 6.04 Å². The van der Waals surface area contributed by atoms with E-state index in [4.69, 9.17) is 0 Å². The maximum atomic E-state index is 11.4. The summed E-state index contributed by atoms with van der Waals surface area (Å²) in [5.41, 5.74) is 1.00. The molecule has 1 N–H and O–H groups in total. The molecule has 0 saturated carbocycles. The molecule has 0 aliphatic carbocycles. The lowest BCUT2D eigenvalue weighted by molar-refractivity contribution is 0.554. The quantitative estimate of drug-likeness (QED) is 0.898. The topological polar surface area (TPSA) is 64.0 Å². The lowest BCUT2D eigenvalue weighted by Crippen LogP contribution is -2.33. The van der Waals surface area contributed by atoms with E-state index in [9.17, 15) is 8.42 Å². The first-order chi connectivity index (χ1) is 9.00. The average Bonchev–Trinajstić information content (AvgIpc) is 2.70. The molecule has 0 radical (unpaired) electrons. The van der Waals surface area contributed by atoms with E-state index in [1.165, 1.54) is 0 Å². The van der Waals surface area contributed by atoms with Crippen LogP contribution in [0.3, 0.4) is 0 Å². The van der Waals surface area contributed by atoms with Crippen molar-refractivity contribution in [3.05, 3.63) is 11.9 Å². The van der Waals surface area contributed by atoms with Gasteiger partial charge in [0.2, 0.25) is 5.95 Å². The number of hydrogen-bond acceptors (Lipinski definition) is 4. The molecule has 6 heteroatoms. The standard InChI is InChI=1S/C13H23N3O2S/c1-3-4-7-16-10-11(2)14-13(16)15-12-5-8-19(17,18)9-6-12/h10,12H,3-9H2,1-2H3,(H,14,15). The number of nitrogens with one attached hydrogen (secondary N) is 1. The van der Waals surface area contributed by atoms with Crippen LogP contribution in [-0.4, -0.2) is 35.5 Å². The predicted molar refractivity (Wildman–Crippen MR) is 77.2 cm³/mol. The van der Waals surface area contributed by atoms with Gasteiger partial charge in [0.15, 0.2) is 0 Å². The summed E-state index contributed by atoms with van der Waals surface area (Å²) in [5, 5.41) is 3.40. The molecule has 0 bridgehead atoms. The first kappa shape index (κ1) is 14.4. The molecule has 1 aliphatic heterocycles. The van der Waals surface area contributed by atoms with Crippen molar-refractivity contribution in [3.63, 3.8) is 0 Å². The number of rotatable bonds is 5. The normalized spacial score (nSPS) is 19.5. The van der Waals surface area contributed by atoms with Gasteiger partial charge in [0.1, 0.15) is 9.84 Å². The number of anilines is 1. The summed E-state index contributed by atoms with van der Waals surface area (Å²) >= 11 is 0. The van der Waals surface area contributed by atoms with Gasteiger partial charge in [-0.3, -0.25) is 0 Å². The van der Waals surface area contributed by atoms with Crippen molar-refractivity contribution in [1.29, 1.82) is 0 Å². The van der Waals surface area contributed by atoms with Crippen LogP contribution in [0.1, 0.15) is 38.3 Å². The van der Waals surface area contributed by atoms with Crippen LogP contribution in [0.2, 0.25) is 0 Å². The van der Waals surface area contributed by atoms with Crippen molar-refractivity contribution in [2.24, 2.45) is 0 Å². The Morgan fingerprint density at radius 1 is 1.42 bits per heavy atom. The number of aryl methyl sites for hydroxylation is 2. The third-order valence-electron chi connectivity index (χ3n) is 3.54. The Hall–Kier alpha value is -1.04. The molecule has 1 fully saturated rings. The Kier molecular flexibility index (Phi) is 4.50. The van der Waals surface area contributed by atoms with Gasteiger partial charge in [0.25, 0.3) is 0 Å². The molecule has 108 valence electrons. The minimum atomic E-state index is -2.79. The molecule has 5 nitrogen and oxygen atoms in total. The summed E-state index contributed by atoms with van der Waals surface area (Å²) in [4.78, 5) is 4.50. The van der Waals surface area contributed by atoms with Crippen molar-refractivity contribution < 1.29 is 8.42 Å². The highest BCUT2D eigenvalue weighted by atomic mass is 32.2. The summed E-state index contributed by atoms with van der Waals surface area (Å²) in [5.74, 6) is 1.47. The second kappa shape index (κ2) is 5.94. The second-order valence-corrected chi connectivity index (χ2v) is 7.63. The van der Waals surface area contributed by atoms with Gasteiger partial charge in [-0.1, -0.05) is 13.3 Å². The van der Waals surface area contributed by atoms with Gasteiger partial charge in [0, 0.05) is 18.8 Å². The Balaban J connectivity index is 1.99. The smallest absolute Gasteiger partial charge is 0.203 e. The van der Waals surface area contributed by atoms with Crippen molar-refractivity contribution in [1.82, 2.24) is 9.55 Å². The molecular formula is C13H23N3O2S. The van der Waals surface area contributed by atoms with Crippen LogP contribution < -0.4 is 5.32 Å². The number of nitrogens with zero attached hydrogens (tertiary/aromatic N) is 2. The summed E-state index contributed by atoms with van der Waals surface area (Å²) in [6.07, 6.45) is 5.70. The van der Waals surface area contributed by atoms with Gasteiger partial charge < -0.3 is 9.88 Å². The molecule has 0 unspecified atom stereocenters. The Morgan fingerprint density at radius 3 is 2.74 bits per heavy atom. The monoisotopic (exact) mass is 285 g/mol. The third-order valence-corrected chi connectivity index (χ3v) is 5.25. The average molecular weight is 285 g/mol. The molecule has 0 spiro atoms. The Morgan fingerprint density at radius 2 is 2.11 bits per heavy atom. The lowest BCUT2D eigenvalue weighted by Gasteiger charge is -2.23. The zero-order valence-electron chi connectivity index (χ0n) is 11.7. The van der Waals surface area contributed by atoms with E-state index in [1.807, 2.05) is 6.92 Å². The zero-order chi connectivity index (χ0) is 13.9. The van der Waals surface area contributed by atoms with Crippen molar-refractivity contribution in [3.8, 4) is 0 Å². The lowest BCUT2D eigenvalue weighted by atomic mass is 10.2. The molecule has 2 rings (SSSR count). The van der Waals surface area contributed by atoms with Crippen LogP contribution in [0, 0.1) is 6.92 Å². The fourth-order valence-corrected chi connectivity index (χ4v) is 3.87. The van der Waals surface area contributed by atoms with Crippen LogP contribution in [0.15, 0.2) is 6.20 Å². The van der Waals surface area contributed by atoms with Gasteiger partial charge in [-0.15, -0.1) is 0 Å². The Labute approximate surface area is 115 Å². The van der Waals surface area contributed by atoms with Crippen molar-refractivity contribution >= 4 is 15.8 Å². The summed E-state index contributed by atoms with van der Waals surface area (Å²) in [7, 11) is -2.79. The van der Waals surface area contributed by atoms with E-state index < -0.39 is 9.84 Å². The maximum Gasteiger partial charge on any atom is 0.203 e. The van der Waals surface area contributed by atoms with Gasteiger partial charge >= 0.3 is 0 Å². The predicted octanol–water partition coefficient (Wildman–Crippen LogP) is 1.98.